The second kappa shape index (κ2) is 5.14. The number of phenolic OH excluding ortho intramolecular Hbond substituents is 1. The van der Waals surface area contributed by atoms with Crippen LogP contribution < -0.4 is 4.90 Å². The van der Waals surface area contributed by atoms with Crippen LogP contribution in [0.15, 0.2) is 36.4 Å². The topological polar surface area (TPSA) is 49.8 Å². The molecule has 0 unspecified atom stereocenters. The van der Waals surface area contributed by atoms with Gasteiger partial charge in [0.25, 0.3) is 0 Å². The zero-order valence-corrected chi connectivity index (χ0v) is 12.2. The third-order valence-electron chi connectivity index (χ3n) is 4.43. The highest BCUT2D eigenvalue weighted by atomic mass is 16.5. The molecule has 0 amide bonds. The predicted octanol–water partition coefficient (Wildman–Crippen LogP) is 2.36. The lowest BCUT2D eigenvalue weighted by molar-refractivity contribution is 0.103. The summed E-state index contributed by atoms with van der Waals surface area (Å²) in [5, 5.41) is 10.4. The van der Waals surface area contributed by atoms with Crippen molar-refractivity contribution < 1.29 is 14.6 Å². The summed E-state index contributed by atoms with van der Waals surface area (Å²) in [6.07, 6.45) is 0.684. The second-order valence-electron chi connectivity index (χ2n) is 5.76. The minimum atomic E-state index is -0.0807. The first-order chi connectivity index (χ1) is 10.7. The van der Waals surface area contributed by atoms with Gasteiger partial charge >= 0.3 is 0 Å². The molecule has 1 heterocycles. The van der Waals surface area contributed by atoms with Crippen molar-refractivity contribution >= 4 is 11.5 Å². The molecule has 1 fully saturated rings. The average Bonchev–Trinajstić information content (AvgIpc) is 2.55. The number of aromatic hydroxyl groups is 1. The van der Waals surface area contributed by atoms with E-state index in [9.17, 15) is 9.90 Å². The number of fused-ring (bicyclic) bond motifs is 2. The molecule has 4 heteroatoms. The molecule has 0 saturated carbocycles. The number of hydrogen-bond acceptors (Lipinski definition) is 4. The van der Waals surface area contributed by atoms with Crippen molar-refractivity contribution in [2.24, 2.45) is 0 Å². The summed E-state index contributed by atoms with van der Waals surface area (Å²) < 4.78 is 5.37. The Morgan fingerprint density at radius 2 is 1.82 bits per heavy atom. The number of morpholine rings is 1. The first kappa shape index (κ1) is 13.3. The van der Waals surface area contributed by atoms with E-state index in [0.29, 0.717) is 30.8 Å². The van der Waals surface area contributed by atoms with E-state index in [1.807, 2.05) is 30.3 Å². The second-order valence-corrected chi connectivity index (χ2v) is 5.76. The van der Waals surface area contributed by atoms with E-state index in [4.69, 9.17) is 4.74 Å². The van der Waals surface area contributed by atoms with E-state index in [1.54, 1.807) is 6.07 Å². The Morgan fingerprint density at radius 3 is 2.64 bits per heavy atom. The van der Waals surface area contributed by atoms with E-state index in [0.717, 1.165) is 29.9 Å². The minimum Gasteiger partial charge on any atom is -0.507 e. The van der Waals surface area contributed by atoms with Crippen LogP contribution in [0, 0.1) is 0 Å². The molecule has 0 atom stereocenters. The van der Waals surface area contributed by atoms with Crippen molar-refractivity contribution in [1.82, 2.24) is 0 Å². The number of anilines is 1. The van der Waals surface area contributed by atoms with E-state index < -0.39 is 0 Å². The zero-order chi connectivity index (χ0) is 15.1. The molecule has 0 spiro atoms. The fourth-order valence-corrected chi connectivity index (χ4v) is 3.31. The molecule has 112 valence electrons. The molecule has 1 saturated heterocycles. The Kier molecular flexibility index (Phi) is 3.12. The Balaban J connectivity index is 1.78. The summed E-state index contributed by atoms with van der Waals surface area (Å²) >= 11 is 0. The van der Waals surface area contributed by atoms with Gasteiger partial charge < -0.3 is 14.7 Å². The molecule has 2 aromatic carbocycles. The van der Waals surface area contributed by atoms with Crippen LogP contribution in [0.3, 0.4) is 0 Å². The Hall–Kier alpha value is -2.33. The van der Waals surface area contributed by atoms with Crippen LogP contribution in [0.25, 0.3) is 0 Å². The fourth-order valence-electron chi connectivity index (χ4n) is 3.31. The van der Waals surface area contributed by atoms with Crippen LogP contribution in [0.1, 0.15) is 27.0 Å². The molecule has 2 aliphatic rings. The van der Waals surface area contributed by atoms with Crippen molar-refractivity contribution in [3.05, 3.63) is 58.7 Å². The molecule has 0 bridgehead atoms. The number of rotatable bonds is 1. The lowest BCUT2D eigenvalue weighted by atomic mass is 9.84. The number of carbonyl (C=O) groups is 1. The van der Waals surface area contributed by atoms with Gasteiger partial charge in [-0.2, -0.15) is 0 Å². The maximum Gasteiger partial charge on any atom is 0.197 e. The standard InChI is InChI=1S/C18H17NO3/c20-16-11-14(19-5-7-22-8-6-19)10-13-9-12-3-1-2-4-15(12)18(21)17(13)16/h1-4,10-11,20H,5-9H2. The molecule has 0 radical (unpaired) electrons. The lowest BCUT2D eigenvalue weighted by Crippen LogP contribution is -2.36. The van der Waals surface area contributed by atoms with Gasteiger partial charge in [0.1, 0.15) is 5.75 Å². The number of ether oxygens (including phenoxy) is 1. The summed E-state index contributed by atoms with van der Waals surface area (Å²) in [5.74, 6) is 0.00127. The van der Waals surface area contributed by atoms with Gasteiger partial charge in [-0.05, 0) is 23.6 Å². The van der Waals surface area contributed by atoms with Crippen LogP contribution in [-0.2, 0) is 11.2 Å². The van der Waals surface area contributed by atoms with Gasteiger partial charge in [-0.15, -0.1) is 0 Å². The SMILES string of the molecule is O=C1c2ccccc2Cc2cc(N3CCOCC3)cc(O)c21. The molecule has 1 N–H and O–H groups in total. The molecular weight excluding hydrogens is 278 g/mol. The van der Waals surface area contributed by atoms with E-state index in [-0.39, 0.29) is 11.5 Å². The van der Waals surface area contributed by atoms with E-state index in [2.05, 4.69) is 4.90 Å². The number of hydrogen-bond donors (Lipinski definition) is 1. The number of benzene rings is 2. The summed E-state index contributed by atoms with van der Waals surface area (Å²) in [7, 11) is 0. The normalized spacial score (nSPS) is 17.1. The van der Waals surface area contributed by atoms with Gasteiger partial charge in [0.15, 0.2) is 5.78 Å². The van der Waals surface area contributed by atoms with Crippen molar-refractivity contribution in [1.29, 1.82) is 0 Å². The molecule has 1 aliphatic carbocycles. The van der Waals surface area contributed by atoms with Crippen molar-refractivity contribution in [2.45, 2.75) is 6.42 Å². The van der Waals surface area contributed by atoms with Gasteiger partial charge in [0.2, 0.25) is 0 Å². The Bertz CT molecular complexity index is 748. The van der Waals surface area contributed by atoms with Crippen LogP contribution in [-0.4, -0.2) is 37.2 Å². The van der Waals surface area contributed by atoms with E-state index in [1.165, 1.54) is 0 Å². The lowest BCUT2D eigenvalue weighted by Gasteiger charge is -2.30. The smallest absolute Gasteiger partial charge is 0.197 e. The van der Waals surface area contributed by atoms with Crippen LogP contribution in [0.2, 0.25) is 0 Å². The maximum atomic E-state index is 12.6. The van der Waals surface area contributed by atoms with Crippen LogP contribution >= 0.6 is 0 Å². The number of carbonyl (C=O) groups excluding carboxylic acids is 1. The summed E-state index contributed by atoms with van der Waals surface area (Å²) in [5.41, 5.74) is 4.05. The third kappa shape index (κ3) is 2.07. The number of ketones is 1. The maximum absolute atomic E-state index is 12.6. The third-order valence-corrected chi connectivity index (χ3v) is 4.43. The quantitative estimate of drug-likeness (QED) is 0.749. The fraction of sp³-hybridized carbons (Fsp3) is 0.278. The molecule has 1 aliphatic heterocycles. The van der Waals surface area contributed by atoms with Gasteiger partial charge in [-0.3, -0.25) is 4.79 Å². The average molecular weight is 295 g/mol. The molecule has 2 aromatic rings. The first-order valence-electron chi connectivity index (χ1n) is 7.55. The summed E-state index contributed by atoms with van der Waals surface area (Å²) in [6, 6.07) is 11.4. The molecule has 22 heavy (non-hydrogen) atoms. The predicted molar refractivity (Wildman–Crippen MR) is 83.8 cm³/mol. The van der Waals surface area contributed by atoms with Gasteiger partial charge in [-0.25, -0.2) is 0 Å². The molecule has 4 rings (SSSR count). The minimum absolute atomic E-state index is 0.0807. The van der Waals surface area contributed by atoms with Gasteiger partial charge in [0, 0.05) is 30.4 Å². The Morgan fingerprint density at radius 1 is 1.05 bits per heavy atom. The monoisotopic (exact) mass is 295 g/mol. The van der Waals surface area contributed by atoms with Crippen LogP contribution in [0.5, 0.6) is 5.75 Å². The summed E-state index contributed by atoms with van der Waals surface area (Å²) in [4.78, 5) is 14.8. The van der Waals surface area contributed by atoms with Gasteiger partial charge in [-0.1, -0.05) is 24.3 Å². The molecule has 4 nitrogen and oxygen atoms in total. The first-order valence-corrected chi connectivity index (χ1v) is 7.55. The largest absolute Gasteiger partial charge is 0.507 e. The highest BCUT2D eigenvalue weighted by molar-refractivity contribution is 6.14. The number of phenols is 1. The highest BCUT2D eigenvalue weighted by Gasteiger charge is 2.27. The molecular formula is C18H17NO3. The summed E-state index contributed by atoms with van der Waals surface area (Å²) in [6.45, 7) is 3.00. The van der Waals surface area contributed by atoms with Crippen molar-refractivity contribution in [2.75, 3.05) is 31.2 Å². The van der Waals surface area contributed by atoms with Crippen LogP contribution in [0.4, 0.5) is 5.69 Å². The van der Waals surface area contributed by atoms with Crippen molar-refractivity contribution in [3.8, 4) is 5.75 Å². The van der Waals surface area contributed by atoms with Crippen molar-refractivity contribution in [3.63, 3.8) is 0 Å². The van der Waals surface area contributed by atoms with E-state index >= 15 is 0 Å². The Labute approximate surface area is 128 Å². The van der Waals surface area contributed by atoms with Gasteiger partial charge in [0.05, 0.1) is 18.8 Å². The zero-order valence-electron chi connectivity index (χ0n) is 12.2. The highest BCUT2D eigenvalue weighted by Crippen LogP contribution is 2.36. The molecule has 0 aromatic heterocycles. The number of nitrogens with zero attached hydrogens (tertiary/aromatic N) is 1.